The topological polar surface area (TPSA) is 36.9 Å². The summed E-state index contributed by atoms with van der Waals surface area (Å²) in [6, 6.07) is 5.50. The van der Waals surface area contributed by atoms with Crippen LogP contribution in [0.2, 0.25) is 10.0 Å². The Morgan fingerprint density at radius 3 is 1.84 bits per heavy atom. The molecule has 0 atom stereocenters. The molecule has 0 amide bonds. The molecule has 0 heterocycles. The van der Waals surface area contributed by atoms with Gasteiger partial charge in [0.2, 0.25) is 0 Å². The quantitative estimate of drug-likeness (QED) is 0.159. The first kappa shape index (κ1) is 28.8. The zero-order valence-corrected chi connectivity index (χ0v) is 22.7. The van der Waals surface area contributed by atoms with Crippen LogP contribution >= 0.6 is 68.4 Å². The molecule has 31 heavy (non-hydrogen) atoms. The second-order valence-electron chi connectivity index (χ2n) is 5.81. The summed E-state index contributed by atoms with van der Waals surface area (Å²) in [4.78, 5) is 0. The van der Waals surface area contributed by atoms with E-state index in [0.717, 1.165) is 27.0 Å². The first-order valence-corrected chi connectivity index (χ1v) is 11.9. The number of halogens is 7. The van der Waals surface area contributed by atoms with Crippen molar-refractivity contribution < 1.29 is 32.1 Å². The van der Waals surface area contributed by atoms with Crippen molar-refractivity contribution in [2.24, 2.45) is 0 Å². The Morgan fingerprint density at radius 2 is 1.35 bits per heavy atom. The molecule has 11 heteroatoms. The SMILES string of the molecule is CCOCOc1cc(C(F)(F)F)cc(Cl)c1I.CCOCOc1cc(Cl)cc(C)c1I. The van der Waals surface area contributed by atoms with Gasteiger partial charge < -0.3 is 18.9 Å². The summed E-state index contributed by atoms with van der Waals surface area (Å²) < 4.78 is 59.6. The van der Waals surface area contributed by atoms with Crippen molar-refractivity contribution in [1.82, 2.24) is 0 Å². The highest BCUT2D eigenvalue weighted by Gasteiger charge is 2.32. The Labute approximate surface area is 216 Å². The molecule has 0 aliphatic carbocycles. The van der Waals surface area contributed by atoms with Gasteiger partial charge >= 0.3 is 6.18 Å². The number of hydrogen-bond acceptors (Lipinski definition) is 4. The predicted octanol–water partition coefficient (Wildman–Crippen LogP) is 7.96. The maximum Gasteiger partial charge on any atom is 0.416 e. The normalized spacial score (nSPS) is 11.0. The fraction of sp³-hybridized carbons (Fsp3) is 0.400. The minimum Gasteiger partial charge on any atom is -0.466 e. The summed E-state index contributed by atoms with van der Waals surface area (Å²) in [6.07, 6.45) is -4.45. The van der Waals surface area contributed by atoms with Crippen LogP contribution in [-0.4, -0.2) is 26.8 Å². The standard InChI is InChI=1S/C10H9ClF3IO2.C10H12ClIO2/c1-2-16-5-17-8-4-6(10(12,13)14)3-7(11)9(8)15;1-3-13-6-14-9-5-8(11)4-7(2)10(9)12/h3-4H,2,5H2,1H3;4-5H,3,6H2,1-2H3. The van der Waals surface area contributed by atoms with Crippen molar-refractivity contribution in [3.63, 3.8) is 0 Å². The monoisotopic (exact) mass is 706 g/mol. The van der Waals surface area contributed by atoms with Crippen LogP contribution in [-0.2, 0) is 15.7 Å². The molecule has 2 rings (SSSR count). The average molecular weight is 707 g/mol. The van der Waals surface area contributed by atoms with E-state index in [1.165, 1.54) is 0 Å². The summed E-state index contributed by atoms with van der Waals surface area (Å²) in [7, 11) is 0. The first-order valence-electron chi connectivity index (χ1n) is 8.94. The first-order chi connectivity index (χ1) is 14.5. The number of benzene rings is 2. The van der Waals surface area contributed by atoms with Gasteiger partial charge in [-0.15, -0.1) is 0 Å². The molecule has 174 valence electrons. The lowest BCUT2D eigenvalue weighted by molar-refractivity contribution is -0.137. The Morgan fingerprint density at radius 1 is 0.839 bits per heavy atom. The van der Waals surface area contributed by atoms with E-state index >= 15 is 0 Å². The molecule has 0 saturated carbocycles. The van der Waals surface area contributed by atoms with Crippen molar-refractivity contribution in [2.45, 2.75) is 26.9 Å². The maximum atomic E-state index is 12.5. The van der Waals surface area contributed by atoms with E-state index in [9.17, 15) is 13.2 Å². The molecule has 2 aromatic rings. The van der Waals surface area contributed by atoms with E-state index in [4.69, 9.17) is 42.1 Å². The van der Waals surface area contributed by atoms with Crippen LogP contribution in [0.15, 0.2) is 24.3 Å². The molecule has 0 unspecified atom stereocenters. The van der Waals surface area contributed by atoms with Crippen LogP contribution in [0.25, 0.3) is 0 Å². The molecule has 0 aromatic heterocycles. The van der Waals surface area contributed by atoms with Crippen molar-refractivity contribution in [3.05, 3.63) is 52.6 Å². The molecule has 0 radical (unpaired) electrons. The summed E-state index contributed by atoms with van der Waals surface area (Å²) in [6.45, 7) is 6.92. The minimum absolute atomic E-state index is 0.00641. The maximum absolute atomic E-state index is 12.5. The fourth-order valence-corrected chi connectivity index (χ4v) is 3.42. The second kappa shape index (κ2) is 14.1. The van der Waals surface area contributed by atoms with Crippen LogP contribution in [0, 0.1) is 14.1 Å². The molecular formula is C20H21Cl2F3I2O4. The molecule has 0 saturated heterocycles. The lowest BCUT2D eigenvalue weighted by atomic mass is 10.2. The van der Waals surface area contributed by atoms with Crippen molar-refractivity contribution in [3.8, 4) is 11.5 Å². The Bertz CT molecular complexity index is 852. The number of hydrogen-bond donors (Lipinski definition) is 0. The molecule has 4 nitrogen and oxygen atoms in total. The van der Waals surface area contributed by atoms with E-state index in [2.05, 4.69) is 22.6 Å². The average Bonchev–Trinajstić information content (AvgIpc) is 2.68. The van der Waals surface area contributed by atoms with Gasteiger partial charge in [0.25, 0.3) is 0 Å². The lowest BCUT2D eigenvalue weighted by Crippen LogP contribution is -2.08. The van der Waals surface area contributed by atoms with Gasteiger partial charge in [0.05, 0.1) is 17.7 Å². The Kier molecular flexibility index (Phi) is 13.1. The molecule has 0 bridgehead atoms. The summed E-state index contributed by atoms with van der Waals surface area (Å²) >= 11 is 15.7. The van der Waals surface area contributed by atoms with Gasteiger partial charge in [-0.25, -0.2) is 0 Å². The molecule has 0 N–H and O–H groups in total. The summed E-state index contributed by atoms with van der Waals surface area (Å²) in [5, 5.41) is 0.696. The van der Waals surface area contributed by atoms with Crippen molar-refractivity contribution >= 4 is 68.4 Å². The largest absolute Gasteiger partial charge is 0.466 e. The molecular weight excluding hydrogens is 686 g/mol. The second-order valence-corrected chi connectivity index (χ2v) is 8.81. The van der Waals surface area contributed by atoms with Crippen LogP contribution < -0.4 is 9.47 Å². The van der Waals surface area contributed by atoms with Crippen LogP contribution in [0.1, 0.15) is 25.0 Å². The van der Waals surface area contributed by atoms with Crippen LogP contribution in [0.3, 0.4) is 0 Å². The molecule has 0 fully saturated rings. The third-order valence-electron chi connectivity index (χ3n) is 3.51. The third-order valence-corrected chi connectivity index (χ3v) is 6.84. The van der Waals surface area contributed by atoms with E-state index in [1.54, 1.807) is 13.0 Å². The highest BCUT2D eigenvalue weighted by Crippen LogP contribution is 2.37. The zero-order chi connectivity index (χ0) is 23.6. The Hall–Kier alpha value is -0.210. The van der Waals surface area contributed by atoms with Crippen LogP contribution in [0.5, 0.6) is 11.5 Å². The van der Waals surface area contributed by atoms with Gasteiger partial charge in [0.1, 0.15) is 11.5 Å². The number of ether oxygens (including phenoxy) is 4. The number of rotatable bonds is 8. The van der Waals surface area contributed by atoms with E-state index < -0.39 is 11.7 Å². The Balaban J connectivity index is 0.000000316. The summed E-state index contributed by atoms with van der Waals surface area (Å²) in [5.41, 5.74) is 0.277. The molecule has 2 aromatic carbocycles. The third kappa shape index (κ3) is 10.1. The highest BCUT2D eigenvalue weighted by atomic mass is 127. The molecule has 0 aliphatic rings. The molecule has 0 aliphatic heterocycles. The summed E-state index contributed by atoms with van der Waals surface area (Å²) in [5.74, 6) is 0.850. The minimum atomic E-state index is -4.45. The number of alkyl halides is 3. The van der Waals surface area contributed by atoms with Crippen molar-refractivity contribution in [2.75, 3.05) is 26.8 Å². The van der Waals surface area contributed by atoms with E-state index in [0.29, 0.717) is 21.8 Å². The van der Waals surface area contributed by atoms with Gasteiger partial charge in [0, 0.05) is 18.2 Å². The van der Waals surface area contributed by atoms with Gasteiger partial charge in [0.15, 0.2) is 13.6 Å². The zero-order valence-electron chi connectivity index (χ0n) is 16.9. The van der Waals surface area contributed by atoms with Gasteiger partial charge in [-0.05, 0) is 95.8 Å². The van der Waals surface area contributed by atoms with Gasteiger partial charge in [-0.1, -0.05) is 23.2 Å². The molecule has 0 spiro atoms. The fourth-order valence-electron chi connectivity index (χ4n) is 2.01. The smallest absolute Gasteiger partial charge is 0.416 e. The van der Waals surface area contributed by atoms with Crippen molar-refractivity contribution in [1.29, 1.82) is 0 Å². The lowest BCUT2D eigenvalue weighted by Gasteiger charge is -2.13. The van der Waals surface area contributed by atoms with Crippen LogP contribution in [0.4, 0.5) is 13.2 Å². The van der Waals surface area contributed by atoms with E-state index in [1.807, 2.05) is 42.5 Å². The van der Waals surface area contributed by atoms with Gasteiger partial charge in [-0.3, -0.25) is 0 Å². The van der Waals surface area contributed by atoms with E-state index in [-0.39, 0.29) is 24.4 Å². The predicted molar refractivity (Wildman–Crippen MR) is 132 cm³/mol. The van der Waals surface area contributed by atoms with Gasteiger partial charge in [-0.2, -0.15) is 13.2 Å². The number of aryl methyl sites for hydroxylation is 1. The highest BCUT2D eigenvalue weighted by molar-refractivity contribution is 14.1.